The van der Waals surface area contributed by atoms with E-state index in [1.807, 2.05) is 19.0 Å². The molecule has 1 aliphatic heterocycles. The van der Waals surface area contributed by atoms with Crippen LogP contribution < -0.4 is 5.32 Å². The number of carbonyl (C=O) groups is 1. The summed E-state index contributed by atoms with van der Waals surface area (Å²) in [4.78, 5) is 13.3. The molecule has 3 heteroatoms. The highest BCUT2D eigenvalue weighted by Gasteiger charge is 2.22. The van der Waals surface area contributed by atoms with Crippen LogP contribution in [0.15, 0.2) is 11.8 Å². The Kier molecular flexibility index (Phi) is 2.96. The summed E-state index contributed by atoms with van der Waals surface area (Å²) in [5.41, 5.74) is 1.11. The first kappa shape index (κ1) is 10.1. The Morgan fingerprint density at radius 3 is 2.62 bits per heavy atom. The molecule has 1 heterocycles. The average Bonchev–Trinajstić information content (AvgIpc) is 2.03. The van der Waals surface area contributed by atoms with Gasteiger partial charge < -0.3 is 10.2 Å². The highest BCUT2D eigenvalue weighted by Crippen LogP contribution is 2.17. The summed E-state index contributed by atoms with van der Waals surface area (Å²) >= 11 is 0. The van der Waals surface area contributed by atoms with Crippen molar-refractivity contribution in [1.82, 2.24) is 10.2 Å². The third-order valence-corrected chi connectivity index (χ3v) is 2.43. The van der Waals surface area contributed by atoms with E-state index in [0.717, 1.165) is 12.1 Å². The number of amides is 1. The average molecular weight is 182 g/mol. The molecule has 0 saturated carbocycles. The van der Waals surface area contributed by atoms with Crippen LogP contribution in [0.2, 0.25) is 0 Å². The van der Waals surface area contributed by atoms with Gasteiger partial charge in [-0.05, 0) is 5.92 Å². The lowest BCUT2D eigenvalue weighted by Gasteiger charge is -2.30. The quantitative estimate of drug-likeness (QED) is 0.690. The number of nitrogens with zero attached hydrogens (tertiary/aromatic N) is 1. The number of rotatable bonds is 2. The molecule has 0 spiro atoms. The lowest BCUT2D eigenvalue weighted by molar-refractivity contribution is -0.118. The molecule has 1 amide bonds. The summed E-state index contributed by atoms with van der Waals surface area (Å²) in [5, 5.41) is 2.96. The van der Waals surface area contributed by atoms with E-state index in [-0.39, 0.29) is 11.9 Å². The predicted molar refractivity (Wildman–Crippen MR) is 53.2 cm³/mol. The van der Waals surface area contributed by atoms with Gasteiger partial charge >= 0.3 is 0 Å². The van der Waals surface area contributed by atoms with Gasteiger partial charge in [-0.1, -0.05) is 13.8 Å². The molecule has 1 aliphatic rings. The van der Waals surface area contributed by atoms with E-state index in [1.165, 1.54) is 0 Å². The van der Waals surface area contributed by atoms with Gasteiger partial charge in [0.25, 0.3) is 0 Å². The van der Waals surface area contributed by atoms with Crippen LogP contribution in [0.3, 0.4) is 0 Å². The standard InChI is InChI=1S/C10H18N2O/c1-7(2)9-5-8(12(3)4)6-10(13)11-9/h6-7,9H,5H2,1-4H3,(H,11,13)/t9-/m1/s1. The van der Waals surface area contributed by atoms with Crippen LogP contribution >= 0.6 is 0 Å². The number of hydrogen-bond acceptors (Lipinski definition) is 2. The van der Waals surface area contributed by atoms with Gasteiger partial charge in [0.05, 0.1) is 0 Å². The van der Waals surface area contributed by atoms with Gasteiger partial charge in [-0.25, -0.2) is 0 Å². The topological polar surface area (TPSA) is 32.3 Å². The van der Waals surface area contributed by atoms with Crippen LogP contribution in [-0.4, -0.2) is 30.9 Å². The largest absolute Gasteiger partial charge is 0.381 e. The van der Waals surface area contributed by atoms with E-state index in [9.17, 15) is 4.79 Å². The van der Waals surface area contributed by atoms with Gasteiger partial charge in [-0.15, -0.1) is 0 Å². The van der Waals surface area contributed by atoms with Crippen LogP contribution in [-0.2, 0) is 4.79 Å². The highest BCUT2D eigenvalue weighted by atomic mass is 16.1. The molecule has 0 aromatic heterocycles. The summed E-state index contributed by atoms with van der Waals surface area (Å²) in [6, 6.07) is 0.287. The number of hydrogen-bond donors (Lipinski definition) is 1. The Hall–Kier alpha value is -0.990. The van der Waals surface area contributed by atoms with Crippen LogP contribution in [0.5, 0.6) is 0 Å². The van der Waals surface area contributed by atoms with E-state index in [0.29, 0.717) is 5.92 Å². The lowest BCUT2D eigenvalue weighted by Crippen LogP contribution is -2.42. The molecule has 0 unspecified atom stereocenters. The maximum Gasteiger partial charge on any atom is 0.245 e. The fraction of sp³-hybridized carbons (Fsp3) is 0.700. The Bertz CT molecular complexity index is 231. The third kappa shape index (κ3) is 2.47. The Morgan fingerprint density at radius 1 is 1.54 bits per heavy atom. The second-order valence-electron chi connectivity index (χ2n) is 4.09. The minimum absolute atomic E-state index is 0.0358. The van der Waals surface area contributed by atoms with Crippen molar-refractivity contribution in [2.45, 2.75) is 26.3 Å². The first-order valence-electron chi connectivity index (χ1n) is 4.69. The highest BCUT2D eigenvalue weighted by molar-refractivity contribution is 5.89. The van der Waals surface area contributed by atoms with Crippen molar-refractivity contribution in [2.24, 2.45) is 5.92 Å². The maximum absolute atomic E-state index is 11.3. The minimum atomic E-state index is 0.0358. The number of carbonyl (C=O) groups excluding carboxylic acids is 1. The zero-order valence-corrected chi connectivity index (χ0v) is 8.79. The molecule has 0 fully saturated rings. The zero-order chi connectivity index (χ0) is 10.0. The van der Waals surface area contributed by atoms with Crippen molar-refractivity contribution < 1.29 is 4.79 Å². The SMILES string of the molecule is CC(C)[C@H]1CC(N(C)C)=CC(=O)N1. The van der Waals surface area contributed by atoms with E-state index in [4.69, 9.17) is 0 Å². The first-order valence-corrected chi connectivity index (χ1v) is 4.69. The van der Waals surface area contributed by atoms with Crippen molar-refractivity contribution in [1.29, 1.82) is 0 Å². The molecule has 0 saturated heterocycles. The second-order valence-corrected chi connectivity index (χ2v) is 4.09. The lowest BCUT2D eigenvalue weighted by atomic mass is 9.96. The fourth-order valence-electron chi connectivity index (χ4n) is 1.43. The summed E-state index contributed by atoms with van der Waals surface area (Å²) in [7, 11) is 3.95. The molecule has 1 atom stereocenters. The van der Waals surface area contributed by atoms with Crippen LogP contribution in [0.4, 0.5) is 0 Å². The molecule has 13 heavy (non-hydrogen) atoms. The third-order valence-electron chi connectivity index (χ3n) is 2.43. The van der Waals surface area contributed by atoms with Gasteiger partial charge in [0.15, 0.2) is 0 Å². The normalized spacial score (nSPS) is 22.7. The van der Waals surface area contributed by atoms with Gasteiger partial charge in [0.1, 0.15) is 0 Å². The van der Waals surface area contributed by atoms with E-state index < -0.39 is 0 Å². The first-order chi connectivity index (χ1) is 6.00. The molecule has 0 radical (unpaired) electrons. The molecule has 0 bridgehead atoms. The predicted octanol–water partition coefficient (Wildman–Crippen LogP) is 0.976. The Labute approximate surface area is 79.8 Å². The van der Waals surface area contributed by atoms with Crippen molar-refractivity contribution in [3.63, 3.8) is 0 Å². The maximum atomic E-state index is 11.3. The molecular formula is C10H18N2O. The Balaban J connectivity index is 2.73. The van der Waals surface area contributed by atoms with E-state index in [1.54, 1.807) is 6.08 Å². The van der Waals surface area contributed by atoms with E-state index in [2.05, 4.69) is 19.2 Å². The second kappa shape index (κ2) is 3.81. The zero-order valence-electron chi connectivity index (χ0n) is 8.79. The van der Waals surface area contributed by atoms with E-state index >= 15 is 0 Å². The van der Waals surface area contributed by atoms with Crippen LogP contribution in [0.25, 0.3) is 0 Å². The smallest absolute Gasteiger partial charge is 0.245 e. The summed E-state index contributed by atoms with van der Waals surface area (Å²) in [6.45, 7) is 4.26. The van der Waals surface area contributed by atoms with Crippen LogP contribution in [0, 0.1) is 5.92 Å². The van der Waals surface area contributed by atoms with Crippen molar-refractivity contribution in [3.05, 3.63) is 11.8 Å². The summed E-state index contributed by atoms with van der Waals surface area (Å²) < 4.78 is 0. The molecule has 1 N–H and O–H groups in total. The molecule has 74 valence electrons. The van der Waals surface area contributed by atoms with Gasteiger partial charge in [-0.2, -0.15) is 0 Å². The van der Waals surface area contributed by atoms with Crippen molar-refractivity contribution in [2.75, 3.05) is 14.1 Å². The Morgan fingerprint density at radius 2 is 2.15 bits per heavy atom. The minimum Gasteiger partial charge on any atom is -0.381 e. The molecule has 3 nitrogen and oxygen atoms in total. The summed E-state index contributed by atoms with van der Waals surface area (Å²) in [6.07, 6.45) is 2.62. The molecule has 0 aromatic rings. The summed E-state index contributed by atoms with van der Waals surface area (Å²) in [5.74, 6) is 0.529. The molecular weight excluding hydrogens is 164 g/mol. The van der Waals surface area contributed by atoms with Crippen molar-refractivity contribution in [3.8, 4) is 0 Å². The van der Waals surface area contributed by atoms with Gasteiger partial charge in [-0.3, -0.25) is 4.79 Å². The van der Waals surface area contributed by atoms with Crippen molar-refractivity contribution >= 4 is 5.91 Å². The van der Waals surface area contributed by atoms with Crippen LogP contribution in [0.1, 0.15) is 20.3 Å². The molecule has 1 rings (SSSR count). The van der Waals surface area contributed by atoms with Gasteiger partial charge in [0, 0.05) is 38.3 Å². The van der Waals surface area contributed by atoms with Gasteiger partial charge in [0.2, 0.25) is 5.91 Å². The molecule has 0 aromatic carbocycles. The fourth-order valence-corrected chi connectivity index (χ4v) is 1.43. The molecule has 0 aliphatic carbocycles. The number of nitrogens with one attached hydrogen (secondary N) is 1. The monoisotopic (exact) mass is 182 g/mol.